The fourth-order valence-electron chi connectivity index (χ4n) is 0.800. The fourth-order valence-corrected chi connectivity index (χ4v) is 1.79. The second-order valence-electron chi connectivity index (χ2n) is 2.94. The van der Waals surface area contributed by atoms with E-state index in [4.69, 9.17) is 5.73 Å². The van der Waals surface area contributed by atoms with Crippen LogP contribution < -0.4 is 5.73 Å². The highest BCUT2D eigenvalue weighted by Gasteiger charge is 2.12. The van der Waals surface area contributed by atoms with Crippen LogP contribution in [-0.2, 0) is 10.8 Å². The molecule has 11 heavy (non-hydrogen) atoms. The zero-order valence-corrected chi connectivity index (χ0v) is 8.49. The molecular formula is C8H19NOS. The van der Waals surface area contributed by atoms with E-state index in [0.717, 1.165) is 12.2 Å². The molecular weight excluding hydrogens is 158 g/mol. The van der Waals surface area contributed by atoms with Crippen LogP contribution in [0.15, 0.2) is 0 Å². The van der Waals surface area contributed by atoms with Crippen molar-refractivity contribution < 1.29 is 4.21 Å². The molecule has 0 aliphatic heterocycles. The van der Waals surface area contributed by atoms with Gasteiger partial charge in [-0.2, -0.15) is 0 Å². The summed E-state index contributed by atoms with van der Waals surface area (Å²) >= 11 is 0. The van der Waals surface area contributed by atoms with E-state index in [1.54, 1.807) is 0 Å². The smallest absolute Gasteiger partial charge is 0.0389 e. The summed E-state index contributed by atoms with van der Waals surface area (Å²) in [5.41, 5.74) is 5.81. The Morgan fingerprint density at radius 1 is 1.45 bits per heavy atom. The molecule has 0 aromatic carbocycles. The van der Waals surface area contributed by atoms with E-state index in [9.17, 15) is 4.21 Å². The van der Waals surface area contributed by atoms with Gasteiger partial charge in [-0.3, -0.25) is 4.21 Å². The highest BCUT2D eigenvalue weighted by atomic mass is 32.2. The molecule has 0 aromatic heterocycles. The molecule has 0 aromatic rings. The summed E-state index contributed by atoms with van der Waals surface area (Å²) in [7, 11) is -0.704. The first kappa shape index (κ1) is 11.1. The summed E-state index contributed by atoms with van der Waals surface area (Å²) in [6.45, 7) is 6.15. The Balaban J connectivity index is 3.67. The number of hydrogen-bond donors (Lipinski definition) is 1. The molecule has 68 valence electrons. The Labute approximate surface area is 72.0 Å². The van der Waals surface area contributed by atoms with Crippen molar-refractivity contribution in [3.63, 3.8) is 0 Å². The summed E-state index contributed by atoms with van der Waals surface area (Å²) in [5, 5.41) is 0. The molecule has 0 aliphatic carbocycles. The maximum atomic E-state index is 11.1. The first-order valence-corrected chi connectivity index (χ1v) is 5.71. The van der Waals surface area contributed by atoms with Crippen molar-refractivity contribution >= 4 is 10.8 Å². The molecule has 0 heterocycles. The van der Waals surface area contributed by atoms with Gasteiger partial charge < -0.3 is 5.73 Å². The fraction of sp³-hybridized carbons (Fsp3) is 1.00. The second-order valence-corrected chi connectivity index (χ2v) is 4.73. The van der Waals surface area contributed by atoms with E-state index < -0.39 is 10.8 Å². The van der Waals surface area contributed by atoms with Gasteiger partial charge in [0.1, 0.15) is 0 Å². The lowest BCUT2D eigenvalue weighted by molar-refractivity contribution is 0.472. The zero-order valence-electron chi connectivity index (χ0n) is 7.67. The van der Waals surface area contributed by atoms with E-state index in [1.807, 2.05) is 6.92 Å². The minimum Gasteiger partial charge on any atom is -0.327 e. The number of rotatable bonds is 5. The lowest BCUT2D eigenvalue weighted by Crippen LogP contribution is -2.33. The summed E-state index contributed by atoms with van der Waals surface area (Å²) in [6, 6.07) is 0.112. The van der Waals surface area contributed by atoms with Crippen LogP contribution in [0.2, 0.25) is 0 Å². The third-order valence-electron chi connectivity index (χ3n) is 2.08. The van der Waals surface area contributed by atoms with E-state index >= 15 is 0 Å². The molecule has 0 radical (unpaired) electrons. The van der Waals surface area contributed by atoms with Gasteiger partial charge in [0.25, 0.3) is 0 Å². The van der Waals surface area contributed by atoms with Gasteiger partial charge in [0, 0.05) is 28.3 Å². The summed E-state index contributed by atoms with van der Waals surface area (Å²) < 4.78 is 11.1. The van der Waals surface area contributed by atoms with Crippen LogP contribution in [0, 0.1) is 5.92 Å². The molecule has 0 spiro atoms. The molecule has 0 bridgehead atoms. The zero-order chi connectivity index (χ0) is 8.85. The molecule has 0 fully saturated rings. The van der Waals surface area contributed by atoms with Gasteiger partial charge in [0.15, 0.2) is 0 Å². The van der Waals surface area contributed by atoms with Crippen molar-refractivity contribution in [2.24, 2.45) is 11.7 Å². The monoisotopic (exact) mass is 177 g/mol. The first-order valence-electron chi connectivity index (χ1n) is 4.22. The van der Waals surface area contributed by atoms with Crippen molar-refractivity contribution in [3.05, 3.63) is 0 Å². The first-order chi connectivity index (χ1) is 5.11. The van der Waals surface area contributed by atoms with Crippen molar-refractivity contribution in [2.75, 3.05) is 11.5 Å². The van der Waals surface area contributed by atoms with Gasteiger partial charge in [-0.15, -0.1) is 0 Å². The van der Waals surface area contributed by atoms with Crippen molar-refractivity contribution in [2.45, 2.75) is 33.2 Å². The normalized spacial score (nSPS) is 19.3. The highest BCUT2D eigenvalue weighted by Crippen LogP contribution is 2.06. The lowest BCUT2D eigenvalue weighted by atomic mass is 10.0. The Kier molecular flexibility index (Phi) is 5.78. The Hall–Kier alpha value is 0.110. The molecule has 2 nitrogen and oxygen atoms in total. The van der Waals surface area contributed by atoms with Crippen molar-refractivity contribution in [3.8, 4) is 0 Å². The van der Waals surface area contributed by atoms with Gasteiger partial charge in [-0.05, 0) is 5.92 Å². The van der Waals surface area contributed by atoms with Gasteiger partial charge in [-0.25, -0.2) is 0 Å². The average Bonchev–Trinajstić information content (AvgIpc) is 2.02. The number of nitrogens with two attached hydrogens (primary N) is 1. The Bertz CT molecular complexity index is 127. The van der Waals surface area contributed by atoms with Crippen molar-refractivity contribution in [1.29, 1.82) is 0 Å². The van der Waals surface area contributed by atoms with E-state index in [2.05, 4.69) is 13.8 Å². The Morgan fingerprint density at radius 3 is 2.36 bits per heavy atom. The molecule has 3 heteroatoms. The third kappa shape index (κ3) is 4.53. The third-order valence-corrected chi connectivity index (χ3v) is 3.48. The topological polar surface area (TPSA) is 43.1 Å². The van der Waals surface area contributed by atoms with E-state index in [0.29, 0.717) is 11.7 Å². The van der Waals surface area contributed by atoms with Crippen LogP contribution in [0.4, 0.5) is 0 Å². The quantitative estimate of drug-likeness (QED) is 0.684. The summed E-state index contributed by atoms with van der Waals surface area (Å²) in [5.74, 6) is 1.88. The molecule has 0 amide bonds. The van der Waals surface area contributed by atoms with E-state index in [-0.39, 0.29) is 6.04 Å². The molecule has 0 saturated carbocycles. The number of hydrogen-bond acceptors (Lipinski definition) is 2. The minimum atomic E-state index is -0.704. The van der Waals surface area contributed by atoms with Crippen LogP contribution in [0.25, 0.3) is 0 Å². The molecule has 3 unspecified atom stereocenters. The van der Waals surface area contributed by atoms with Gasteiger partial charge in [-0.1, -0.05) is 27.2 Å². The van der Waals surface area contributed by atoms with Crippen LogP contribution in [0.5, 0.6) is 0 Å². The van der Waals surface area contributed by atoms with Gasteiger partial charge >= 0.3 is 0 Å². The van der Waals surface area contributed by atoms with Gasteiger partial charge in [0.2, 0.25) is 0 Å². The maximum Gasteiger partial charge on any atom is 0.0389 e. The minimum absolute atomic E-state index is 0.112. The molecule has 0 rings (SSSR count). The molecule has 0 aliphatic rings. The maximum absolute atomic E-state index is 11.1. The predicted octanol–water partition coefficient (Wildman–Crippen LogP) is 1.13. The van der Waals surface area contributed by atoms with Crippen molar-refractivity contribution in [1.82, 2.24) is 0 Å². The largest absolute Gasteiger partial charge is 0.327 e. The van der Waals surface area contributed by atoms with Crippen LogP contribution in [0.1, 0.15) is 27.2 Å². The summed E-state index contributed by atoms with van der Waals surface area (Å²) in [6.07, 6.45) is 1.07. The Morgan fingerprint density at radius 2 is 2.00 bits per heavy atom. The SMILES string of the molecule is CCC(C)C(N)CS(=O)CC. The average molecular weight is 177 g/mol. The van der Waals surface area contributed by atoms with Crippen LogP contribution in [-0.4, -0.2) is 21.8 Å². The molecule has 3 atom stereocenters. The highest BCUT2D eigenvalue weighted by molar-refractivity contribution is 7.84. The van der Waals surface area contributed by atoms with Crippen LogP contribution in [0.3, 0.4) is 0 Å². The molecule has 0 saturated heterocycles. The van der Waals surface area contributed by atoms with Gasteiger partial charge in [0.05, 0.1) is 0 Å². The predicted molar refractivity (Wildman–Crippen MR) is 51.0 cm³/mol. The second kappa shape index (κ2) is 5.72. The molecule has 2 N–H and O–H groups in total. The standard InChI is InChI=1S/C8H19NOS/c1-4-7(3)8(9)6-11(10)5-2/h7-8H,4-6,9H2,1-3H3. The van der Waals surface area contributed by atoms with Crippen LogP contribution >= 0.6 is 0 Å². The summed E-state index contributed by atoms with van der Waals surface area (Å²) in [4.78, 5) is 0. The van der Waals surface area contributed by atoms with E-state index in [1.165, 1.54) is 0 Å². The lowest BCUT2D eigenvalue weighted by Gasteiger charge is -2.16.